The normalized spacial score (nSPS) is 11.3. The quantitative estimate of drug-likeness (QED) is 0.751. The van der Waals surface area contributed by atoms with Crippen LogP contribution >= 0.6 is 0 Å². The van der Waals surface area contributed by atoms with Crippen molar-refractivity contribution in [1.82, 2.24) is 0 Å². The molecule has 0 saturated carbocycles. The van der Waals surface area contributed by atoms with Gasteiger partial charge in [-0.05, 0) is 37.3 Å². The van der Waals surface area contributed by atoms with Gasteiger partial charge >= 0.3 is 6.03 Å². The smallest absolute Gasteiger partial charge is 0.323 e. The van der Waals surface area contributed by atoms with Gasteiger partial charge in [-0.3, -0.25) is 4.79 Å². The van der Waals surface area contributed by atoms with Crippen LogP contribution in [0.5, 0.6) is 5.75 Å². The molecule has 3 amide bonds. The monoisotopic (exact) mass is 343 g/mol. The number of methoxy groups -OCH3 is 2. The lowest BCUT2D eigenvalue weighted by Crippen LogP contribution is -2.26. The summed E-state index contributed by atoms with van der Waals surface area (Å²) in [6.07, 6.45) is -0.564. The number of benzene rings is 2. The van der Waals surface area contributed by atoms with Gasteiger partial charge in [0.1, 0.15) is 11.9 Å². The zero-order valence-electron chi connectivity index (χ0n) is 14.3. The van der Waals surface area contributed by atoms with Crippen LogP contribution in [-0.4, -0.2) is 32.3 Å². The van der Waals surface area contributed by atoms with Crippen LogP contribution in [0.2, 0.25) is 0 Å². The van der Waals surface area contributed by atoms with E-state index in [0.717, 1.165) is 0 Å². The molecule has 1 atom stereocenters. The van der Waals surface area contributed by atoms with Gasteiger partial charge in [-0.15, -0.1) is 0 Å². The molecule has 7 nitrogen and oxygen atoms in total. The molecule has 0 fully saturated rings. The Morgan fingerprint density at radius 2 is 1.60 bits per heavy atom. The van der Waals surface area contributed by atoms with Crippen LogP contribution in [0, 0.1) is 0 Å². The first-order chi connectivity index (χ1) is 12.0. The van der Waals surface area contributed by atoms with Gasteiger partial charge in [-0.25, -0.2) is 4.79 Å². The highest BCUT2D eigenvalue weighted by atomic mass is 16.5. The number of nitrogens with one attached hydrogen (secondary N) is 3. The maximum absolute atomic E-state index is 12.2. The van der Waals surface area contributed by atoms with Crippen molar-refractivity contribution >= 4 is 29.0 Å². The lowest BCUT2D eigenvalue weighted by molar-refractivity contribution is -0.124. The Bertz CT molecular complexity index is 749. The van der Waals surface area contributed by atoms with E-state index in [2.05, 4.69) is 16.0 Å². The highest BCUT2D eigenvalue weighted by molar-refractivity contribution is 6.01. The van der Waals surface area contributed by atoms with Crippen LogP contribution < -0.4 is 20.7 Å². The Kier molecular flexibility index (Phi) is 6.36. The molecule has 0 bridgehead atoms. The minimum absolute atomic E-state index is 0.266. The molecule has 0 aliphatic rings. The average molecular weight is 343 g/mol. The zero-order chi connectivity index (χ0) is 18.2. The average Bonchev–Trinajstić information content (AvgIpc) is 2.61. The maximum Gasteiger partial charge on any atom is 0.323 e. The summed E-state index contributed by atoms with van der Waals surface area (Å²) in [5.74, 6) is 0.297. The van der Waals surface area contributed by atoms with Gasteiger partial charge in [0.2, 0.25) is 0 Å². The number of rotatable bonds is 6. The van der Waals surface area contributed by atoms with Crippen molar-refractivity contribution in [3.05, 3.63) is 48.5 Å². The first-order valence-corrected chi connectivity index (χ1v) is 7.68. The van der Waals surface area contributed by atoms with Crippen LogP contribution in [-0.2, 0) is 9.53 Å². The van der Waals surface area contributed by atoms with E-state index >= 15 is 0 Å². The summed E-state index contributed by atoms with van der Waals surface area (Å²) in [5, 5.41) is 8.14. The number of para-hydroxylation sites is 2. The molecule has 25 heavy (non-hydrogen) atoms. The predicted octanol–water partition coefficient (Wildman–Crippen LogP) is 3.31. The first kappa shape index (κ1) is 18.3. The fraction of sp³-hybridized carbons (Fsp3) is 0.222. The molecule has 0 spiro atoms. The van der Waals surface area contributed by atoms with Crippen LogP contribution in [0.15, 0.2) is 48.5 Å². The molecule has 132 valence electrons. The van der Waals surface area contributed by atoms with Crippen molar-refractivity contribution in [3.8, 4) is 5.75 Å². The van der Waals surface area contributed by atoms with Crippen LogP contribution in [0.25, 0.3) is 0 Å². The van der Waals surface area contributed by atoms with E-state index in [9.17, 15) is 9.59 Å². The molecule has 0 aliphatic carbocycles. The first-order valence-electron chi connectivity index (χ1n) is 7.68. The van der Waals surface area contributed by atoms with Crippen LogP contribution in [0.4, 0.5) is 21.9 Å². The van der Waals surface area contributed by atoms with Gasteiger partial charge < -0.3 is 25.4 Å². The third kappa shape index (κ3) is 5.22. The van der Waals surface area contributed by atoms with Crippen molar-refractivity contribution in [2.45, 2.75) is 13.0 Å². The molecule has 2 aromatic rings. The van der Waals surface area contributed by atoms with Gasteiger partial charge in [0.15, 0.2) is 0 Å². The molecular formula is C18H21N3O4. The van der Waals surface area contributed by atoms with Gasteiger partial charge in [-0.2, -0.15) is 0 Å². The summed E-state index contributed by atoms with van der Waals surface area (Å²) in [4.78, 5) is 24.0. The van der Waals surface area contributed by atoms with E-state index in [1.807, 2.05) is 6.07 Å². The number of carbonyl (C=O) groups excluding carboxylic acids is 2. The summed E-state index contributed by atoms with van der Waals surface area (Å²) in [5.41, 5.74) is 1.65. The number of ether oxygens (including phenoxy) is 2. The van der Waals surface area contributed by atoms with E-state index in [0.29, 0.717) is 22.8 Å². The highest BCUT2D eigenvalue weighted by Gasteiger charge is 2.12. The molecule has 0 saturated heterocycles. The number of hydrogen-bond acceptors (Lipinski definition) is 4. The van der Waals surface area contributed by atoms with E-state index in [1.54, 1.807) is 49.4 Å². The second-order valence-electron chi connectivity index (χ2n) is 5.23. The number of hydrogen-bond donors (Lipinski definition) is 3. The van der Waals surface area contributed by atoms with Crippen molar-refractivity contribution in [2.75, 3.05) is 30.2 Å². The Balaban J connectivity index is 2.01. The van der Waals surface area contributed by atoms with Crippen molar-refractivity contribution in [1.29, 1.82) is 0 Å². The Hall–Kier alpha value is -3.06. The summed E-state index contributed by atoms with van der Waals surface area (Å²) in [6.45, 7) is 1.65. The minimum Gasteiger partial charge on any atom is -0.495 e. The summed E-state index contributed by atoms with van der Waals surface area (Å²) >= 11 is 0. The van der Waals surface area contributed by atoms with E-state index < -0.39 is 12.1 Å². The van der Waals surface area contributed by atoms with Crippen molar-refractivity contribution < 1.29 is 19.1 Å². The Morgan fingerprint density at radius 1 is 0.920 bits per heavy atom. The molecule has 0 aliphatic heterocycles. The molecule has 0 radical (unpaired) electrons. The lowest BCUT2D eigenvalue weighted by Gasteiger charge is -2.13. The standard InChI is InChI=1S/C18H21N3O4/c1-12(24-2)17(22)19-13-7-6-8-14(11-13)20-18(23)21-15-9-4-5-10-16(15)25-3/h4-12H,1-3H3,(H,19,22)(H2,20,21,23). The molecular weight excluding hydrogens is 322 g/mol. The molecule has 7 heteroatoms. The largest absolute Gasteiger partial charge is 0.495 e. The predicted molar refractivity (Wildman–Crippen MR) is 97.2 cm³/mol. The SMILES string of the molecule is COc1ccccc1NC(=O)Nc1cccc(NC(=O)C(C)OC)c1. The third-order valence-corrected chi connectivity index (χ3v) is 3.47. The maximum atomic E-state index is 12.2. The second-order valence-corrected chi connectivity index (χ2v) is 5.23. The molecule has 1 unspecified atom stereocenters. The summed E-state index contributed by atoms with van der Waals surface area (Å²) in [7, 11) is 3.00. The fourth-order valence-corrected chi connectivity index (χ4v) is 2.06. The Morgan fingerprint density at radius 3 is 2.28 bits per heavy atom. The second kappa shape index (κ2) is 8.70. The van der Waals surface area contributed by atoms with E-state index in [4.69, 9.17) is 9.47 Å². The Labute approximate surface area is 146 Å². The van der Waals surface area contributed by atoms with Crippen LogP contribution in [0.3, 0.4) is 0 Å². The molecule has 0 heterocycles. The number of amides is 3. The number of carbonyl (C=O) groups is 2. The molecule has 2 aromatic carbocycles. The van der Waals surface area contributed by atoms with Crippen molar-refractivity contribution in [2.24, 2.45) is 0 Å². The number of anilines is 3. The molecule has 0 aromatic heterocycles. The lowest BCUT2D eigenvalue weighted by atomic mass is 10.2. The zero-order valence-corrected chi connectivity index (χ0v) is 14.3. The summed E-state index contributed by atoms with van der Waals surface area (Å²) < 4.78 is 10.2. The minimum atomic E-state index is -0.564. The van der Waals surface area contributed by atoms with E-state index in [-0.39, 0.29) is 5.91 Å². The highest BCUT2D eigenvalue weighted by Crippen LogP contribution is 2.23. The van der Waals surface area contributed by atoms with Gasteiger partial charge in [0.25, 0.3) is 5.91 Å². The number of urea groups is 1. The third-order valence-electron chi connectivity index (χ3n) is 3.47. The van der Waals surface area contributed by atoms with Gasteiger partial charge in [-0.1, -0.05) is 18.2 Å². The van der Waals surface area contributed by atoms with Crippen LogP contribution in [0.1, 0.15) is 6.92 Å². The van der Waals surface area contributed by atoms with Crippen molar-refractivity contribution in [3.63, 3.8) is 0 Å². The summed E-state index contributed by atoms with van der Waals surface area (Å²) in [6, 6.07) is 13.5. The van der Waals surface area contributed by atoms with E-state index in [1.165, 1.54) is 14.2 Å². The molecule has 3 N–H and O–H groups in total. The topological polar surface area (TPSA) is 88.7 Å². The van der Waals surface area contributed by atoms with Gasteiger partial charge in [0, 0.05) is 18.5 Å². The fourth-order valence-electron chi connectivity index (χ4n) is 2.06. The van der Waals surface area contributed by atoms with Gasteiger partial charge in [0.05, 0.1) is 12.8 Å². The molecule has 2 rings (SSSR count).